The van der Waals surface area contributed by atoms with E-state index in [9.17, 15) is 9.59 Å². The van der Waals surface area contributed by atoms with Crippen LogP contribution in [-0.4, -0.2) is 29.7 Å². The van der Waals surface area contributed by atoms with Crippen molar-refractivity contribution in [1.29, 1.82) is 0 Å². The van der Waals surface area contributed by atoms with E-state index in [1.807, 2.05) is 12.1 Å². The fourth-order valence-corrected chi connectivity index (χ4v) is 7.03. The monoisotopic (exact) mass is 385 g/mol. The predicted octanol–water partition coefficient (Wildman–Crippen LogP) is 4.98. The van der Waals surface area contributed by atoms with Gasteiger partial charge in [0.05, 0.1) is 5.41 Å². The van der Waals surface area contributed by atoms with E-state index in [4.69, 9.17) is 11.6 Å². The molecule has 0 unspecified atom stereocenters. The number of ketones is 1. The largest absolute Gasteiger partial charge is 0.342 e. The lowest BCUT2D eigenvalue weighted by Gasteiger charge is -2.57. The Morgan fingerprint density at radius 3 is 1.93 bits per heavy atom. The molecule has 1 heterocycles. The van der Waals surface area contributed by atoms with Gasteiger partial charge in [0.2, 0.25) is 5.91 Å². The first-order valence-corrected chi connectivity index (χ1v) is 11.0. The first-order valence-electron chi connectivity index (χ1n) is 10.6. The van der Waals surface area contributed by atoms with E-state index in [0.29, 0.717) is 10.9 Å². The minimum absolute atomic E-state index is 0.0339. The lowest BCUT2D eigenvalue weighted by Crippen LogP contribution is -2.55. The number of carbonyl (C=O) groups is 2. The van der Waals surface area contributed by atoms with Crippen LogP contribution in [0.15, 0.2) is 24.3 Å². The van der Waals surface area contributed by atoms with Crippen LogP contribution in [0.2, 0.25) is 5.02 Å². The first-order chi connectivity index (χ1) is 13.0. The summed E-state index contributed by atoms with van der Waals surface area (Å²) in [6.45, 7) is 1.48. The van der Waals surface area contributed by atoms with Gasteiger partial charge in [-0.15, -0.1) is 0 Å². The molecule has 4 bridgehead atoms. The maximum absolute atomic E-state index is 13.5. The Morgan fingerprint density at radius 1 is 0.889 bits per heavy atom. The number of hydrogen-bond donors (Lipinski definition) is 0. The number of Topliss-reactive ketones (excluding diaryl/α,β-unsaturated/α-hetero) is 1. The summed E-state index contributed by atoms with van der Waals surface area (Å²) < 4.78 is 0. The van der Waals surface area contributed by atoms with E-state index in [1.165, 1.54) is 19.3 Å². The SMILES string of the molecule is O=C(c1ccc(Cl)cc1)C1CCN(C(=O)C23CC4CC(CC(C4)C2)C3)CC1. The average molecular weight is 386 g/mol. The van der Waals surface area contributed by atoms with Gasteiger partial charge in [-0.05, 0) is 93.4 Å². The molecule has 1 aliphatic heterocycles. The number of rotatable bonds is 3. The van der Waals surface area contributed by atoms with Gasteiger partial charge in [0, 0.05) is 29.6 Å². The second-order valence-corrected chi connectivity index (χ2v) is 10.1. The van der Waals surface area contributed by atoms with Crippen LogP contribution < -0.4 is 0 Å². The zero-order chi connectivity index (χ0) is 18.6. The number of nitrogens with zero attached hydrogens (tertiary/aromatic N) is 1. The van der Waals surface area contributed by atoms with E-state index in [0.717, 1.165) is 68.5 Å². The van der Waals surface area contributed by atoms with Crippen molar-refractivity contribution in [3.05, 3.63) is 34.9 Å². The molecule has 0 radical (unpaired) electrons. The molecule has 5 aliphatic rings. The van der Waals surface area contributed by atoms with Gasteiger partial charge in [-0.1, -0.05) is 11.6 Å². The topological polar surface area (TPSA) is 37.4 Å². The summed E-state index contributed by atoms with van der Waals surface area (Å²) in [5.41, 5.74) is 0.687. The van der Waals surface area contributed by atoms with Gasteiger partial charge >= 0.3 is 0 Å². The highest BCUT2D eigenvalue weighted by molar-refractivity contribution is 6.30. The number of amides is 1. The van der Waals surface area contributed by atoms with E-state index in [1.54, 1.807) is 12.1 Å². The van der Waals surface area contributed by atoms with E-state index >= 15 is 0 Å². The molecule has 27 heavy (non-hydrogen) atoms. The summed E-state index contributed by atoms with van der Waals surface area (Å²) in [5, 5.41) is 0.655. The Balaban J connectivity index is 1.24. The van der Waals surface area contributed by atoms with Crippen LogP contribution in [-0.2, 0) is 4.79 Å². The van der Waals surface area contributed by atoms with Crippen molar-refractivity contribution in [2.24, 2.45) is 29.1 Å². The van der Waals surface area contributed by atoms with Gasteiger partial charge in [-0.2, -0.15) is 0 Å². The molecule has 4 saturated carbocycles. The molecule has 0 N–H and O–H groups in total. The molecule has 6 rings (SSSR count). The Labute approximate surface area is 166 Å². The lowest BCUT2D eigenvalue weighted by atomic mass is 9.49. The average Bonchev–Trinajstić information content (AvgIpc) is 2.66. The summed E-state index contributed by atoms with van der Waals surface area (Å²) >= 11 is 5.93. The van der Waals surface area contributed by atoms with Crippen molar-refractivity contribution >= 4 is 23.3 Å². The van der Waals surface area contributed by atoms with E-state index in [-0.39, 0.29) is 17.1 Å². The fourth-order valence-electron chi connectivity index (χ4n) is 6.90. The van der Waals surface area contributed by atoms with Gasteiger partial charge in [-0.25, -0.2) is 0 Å². The van der Waals surface area contributed by atoms with Gasteiger partial charge in [-0.3, -0.25) is 9.59 Å². The third-order valence-corrected chi connectivity index (χ3v) is 8.03. The molecule has 144 valence electrons. The molecule has 1 amide bonds. The van der Waals surface area contributed by atoms with Crippen molar-refractivity contribution in [3.8, 4) is 0 Å². The van der Waals surface area contributed by atoms with Crippen LogP contribution in [0.3, 0.4) is 0 Å². The second-order valence-electron chi connectivity index (χ2n) is 9.64. The third kappa shape index (κ3) is 3.12. The van der Waals surface area contributed by atoms with Crippen molar-refractivity contribution in [3.63, 3.8) is 0 Å². The molecular weight excluding hydrogens is 358 g/mol. The number of piperidine rings is 1. The normalized spacial score (nSPS) is 35.4. The molecule has 1 aromatic carbocycles. The van der Waals surface area contributed by atoms with Crippen molar-refractivity contribution in [2.45, 2.75) is 51.4 Å². The van der Waals surface area contributed by atoms with Crippen LogP contribution in [0.5, 0.6) is 0 Å². The highest BCUT2D eigenvalue weighted by atomic mass is 35.5. The van der Waals surface area contributed by atoms with Gasteiger partial charge in [0.15, 0.2) is 5.78 Å². The quantitative estimate of drug-likeness (QED) is 0.688. The minimum Gasteiger partial charge on any atom is -0.342 e. The minimum atomic E-state index is -0.0538. The van der Waals surface area contributed by atoms with E-state index < -0.39 is 0 Å². The van der Waals surface area contributed by atoms with Crippen LogP contribution >= 0.6 is 11.6 Å². The predicted molar refractivity (Wildman–Crippen MR) is 106 cm³/mol. The first kappa shape index (κ1) is 17.7. The highest BCUT2D eigenvalue weighted by Gasteiger charge is 2.55. The Kier molecular flexibility index (Phi) is 4.34. The molecule has 1 aromatic rings. The number of benzene rings is 1. The van der Waals surface area contributed by atoms with Crippen molar-refractivity contribution in [1.82, 2.24) is 4.90 Å². The summed E-state index contributed by atoms with van der Waals surface area (Å²) in [7, 11) is 0. The summed E-state index contributed by atoms with van der Waals surface area (Å²) in [5.74, 6) is 3.04. The van der Waals surface area contributed by atoms with E-state index in [2.05, 4.69) is 4.90 Å². The van der Waals surface area contributed by atoms with Gasteiger partial charge < -0.3 is 4.90 Å². The number of carbonyl (C=O) groups excluding carboxylic acids is 2. The molecule has 0 aromatic heterocycles. The number of likely N-dealkylation sites (tertiary alicyclic amines) is 1. The molecule has 1 saturated heterocycles. The summed E-state index contributed by atoms with van der Waals surface area (Å²) in [4.78, 5) is 28.3. The van der Waals surface area contributed by atoms with Crippen molar-refractivity contribution in [2.75, 3.05) is 13.1 Å². The number of halogens is 1. The maximum Gasteiger partial charge on any atom is 0.228 e. The zero-order valence-corrected chi connectivity index (χ0v) is 16.6. The van der Waals surface area contributed by atoms with Crippen LogP contribution in [0.25, 0.3) is 0 Å². The molecule has 0 spiro atoms. The second kappa shape index (κ2) is 6.62. The molecule has 3 nitrogen and oxygen atoms in total. The zero-order valence-electron chi connectivity index (χ0n) is 15.8. The standard InChI is InChI=1S/C23H28ClNO2/c24-20-3-1-18(2-4-20)21(26)19-5-7-25(8-6-19)22(27)23-12-15-9-16(13-23)11-17(10-15)14-23/h1-4,15-17,19H,5-14H2. The van der Waals surface area contributed by atoms with Gasteiger partial charge in [0.1, 0.15) is 0 Å². The summed E-state index contributed by atoms with van der Waals surface area (Å²) in [6.07, 6.45) is 9.06. The molecule has 4 aliphatic carbocycles. The molecule has 5 fully saturated rings. The fraction of sp³-hybridized carbons (Fsp3) is 0.652. The Bertz CT molecular complexity index is 713. The van der Waals surface area contributed by atoms with Crippen LogP contribution in [0, 0.1) is 29.1 Å². The van der Waals surface area contributed by atoms with Crippen LogP contribution in [0.4, 0.5) is 0 Å². The summed E-state index contributed by atoms with van der Waals surface area (Å²) in [6, 6.07) is 7.19. The maximum atomic E-state index is 13.5. The smallest absolute Gasteiger partial charge is 0.228 e. The van der Waals surface area contributed by atoms with Crippen LogP contribution in [0.1, 0.15) is 61.7 Å². The van der Waals surface area contributed by atoms with Crippen molar-refractivity contribution < 1.29 is 9.59 Å². The lowest BCUT2D eigenvalue weighted by molar-refractivity contribution is -0.158. The van der Waals surface area contributed by atoms with Gasteiger partial charge in [0.25, 0.3) is 0 Å². The Morgan fingerprint density at radius 2 is 1.41 bits per heavy atom. The Hall–Kier alpha value is -1.35. The molecule has 4 heteroatoms. The highest BCUT2D eigenvalue weighted by Crippen LogP contribution is 2.60. The number of hydrogen-bond acceptors (Lipinski definition) is 2. The third-order valence-electron chi connectivity index (χ3n) is 7.77. The molecule has 0 atom stereocenters. The molecular formula is C23H28ClNO2.